The van der Waals surface area contributed by atoms with E-state index in [4.69, 9.17) is 9.52 Å². The largest absolute Gasteiger partial charge is 0.462 e. The molecule has 5 nitrogen and oxygen atoms in total. The summed E-state index contributed by atoms with van der Waals surface area (Å²) in [5.74, 6) is 1.33. The molecule has 2 N–H and O–H groups in total. The van der Waals surface area contributed by atoms with Crippen LogP contribution in [0.5, 0.6) is 0 Å². The molecule has 0 aliphatic heterocycles. The smallest absolute Gasteiger partial charge is 0.244 e. The summed E-state index contributed by atoms with van der Waals surface area (Å²) >= 11 is 0. The van der Waals surface area contributed by atoms with Gasteiger partial charge in [-0.3, -0.25) is 0 Å². The molecule has 0 spiro atoms. The number of hydrogen-bond donors (Lipinski definition) is 2. The Morgan fingerprint density at radius 3 is 2.50 bits per heavy atom. The molecule has 0 unspecified atom stereocenters. The van der Waals surface area contributed by atoms with Gasteiger partial charge in [0.1, 0.15) is 23.0 Å². The number of aliphatic hydroxyl groups excluding tert-OH is 1. The van der Waals surface area contributed by atoms with E-state index in [1.165, 1.54) is 12.5 Å². The highest BCUT2D eigenvalue weighted by molar-refractivity contribution is 7.89. The first kappa shape index (κ1) is 15.5. The van der Waals surface area contributed by atoms with E-state index in [2.05, 4.69) is 11.6 Å². The molecule has 1 saturated carbocycles. The molecular formula is C14H23NO4S. The lowest BCUT2D eigenvalue weighted by Crippen LogP contribution is -2.37. The molecule has 1 aromatic rings. The van der Waals surface area contributed by atoms with Crippen molar-refractivity contribution in [3.8, 4) is 0 Å². The summed E-state index contributed by atoms with van der Waals surface area (Å²) in [7, 11) is -3.56. The van der Waals surface area contributed by atoms with Gasteiger partial charge in [-0.1, -0.05) is 13.3 Å². The number of rotatable bonds is 5. The summed E-state index contributed by atoms with van der Waals surface area (Å²) in [5, 5.41) is 9.01. The Labute approximate surface area is 120 Å². The molecule has 1 aromatic heterocycles. The Bertz CT molecular complexity index is 542. The van der Waals surface area contributed by atoms with Gasteiger partial charge in [-0.15, -0.1) is 0 Å². The third kappa shape index (κ3) is 3.42. The van der Waals surface area contributed by atoms with E-state index in [-0.39, 0.29) is 23.3 Å². The van der Waals surface area contributed by atoms with Gasteiger partial charge in [0.25, 0.3) is 0 Å². The average Bonchev–Trinajstić information content (AvgIpc) is 2.81. The van der Waals surface area contributed by atoms with Crippen LogP contribution in [0.2, 0.25) is 0 Å². The second kappa shape index (κ2) is 6.28. The predicted molar refractivity (Wildman–Crippen MR) is 75.7 cm³/mol. The zero-order chi connectivity index (χ0) is 14.8. The molecule has 2 rings (SSSR count). The summed E-state index contributed by atoms with van der Waals surface area (Å²) in [6, 6.07) is 1.41. The molecule has 1 heterocycles. The van der Waals surface area contributed by atoms with Crippen molar-refractivity contribution in [2.75, 3.05) is 0 Å². The van der Waals surface area contributed by atoms with Crippen molar-refractivity contribution >= 4 is 10.0 Å². The Kier molecular flexibility index (Phi) is 4.88. The number of aryl methyl sites for hydroxylation is 1. The molecule has 114 valence electrons. The lowest BCUT2D eigenvalue weighted by Gasteiger charge is -2.28. The summed E-state index contributed by atoms with van der Waals surface area (Å²) in [6.45, 7) is 3.49. The fourth-order valence-corrected chi connectivity index (χ4v) is 4.35. The molecule has 20 heavy (non-hydrogen) atoms. The second-order valence-corrected chi connectivity index (χ2v) is 7.22. The minimum absolute atomic E-state index is 0.00896. The number of furan rings is 1. The number of nitrogens with one attached hydrogen (secondary N) is 1. The molecule has 0 atom stereocenters. The van der Waals surface area contributed by atoms with Crippen molar-refractivity contribution in [2.24, 2.45) is 5.92 Å². The van der Waals surface area contributed by atoms with Crippen LogP contribution in [-0.4, -0.2) is 19.6 Å². The van der Waals surface area contributed by atoms with Crippen LogP contribution in [0.25, 0.3) is 0 Å². The van der Waals surface area contributed by atoms with Crippen LogP contribution in [0.15, 0.2) is 15.4 Å². The van der Waals surface area contributed by atoms with Gasteiger partial charge in [0.2, 0.25) is 10.0 Å². The van der Waals surface area contributed by atoms with Crippen LogP contribution in [0.4, 0.5) is 0 Å². The molecule has 0 bridgehead atoms. The first-order valence-corrected chi connectivity index (χ1v) is 8.67. The quantitative estimate of drug-likeness (QED) is 0.874. The van der Waals surface area contributed by atoms with Crippen LogP contribution in [0.3, 0.4) is 0 Å². The highest BCUT2D eigenvalue weighted by Crippen LogP contribution is 2.28. The van der Waals surface area contributed by atoms with Crippen LogP contribution in [0.1, 0.15) is 50.5 Å². The van der Waals surface area contributed by atoms with Gasteiger partial charge in [0.05, 0.1) is 0 Å². The summed E-state index contributed by atoms with van der Waals surface area (Å²) < 4.78 is 32.7. The highest BCUT2D eigenvalue weighted by Gasteiger charge is 2.27. The van der Waals surface area contributed by atoms with Crippen molar-refractivity contribution < 1.29 is 17.9 Å². The molecule has 1 aliphatic carbocycles. The van der Waals surface area contributed by atoms with E-state index >= 15 is 0 Å². The summed E-state index contributed by atoms with van der Waals surface area (Å²) in [6.07, 6.45) is 5.11. The monoisotopic (exact) mass is 301 g/mol. The first-order chi connectivity index (χ1) is 9.46. The van der Waals surface area contributed by atoms with Crippen LogP contribution in [0, 0.1) is 12.8 Å². The normalized spacial score (nSPS) is 23.9. The molecule has 6 heteroatoms. The Hall–Kier alpha value is -0.850. The van der Waals surface area contributed by atoms with Crippen molar-refractivity contribution in [3.63, 3.8) is 0 Å². The van der Waals surface area contributed by atoms with Gasteiger partial charge >= 0.3 is 0 Å². The molecule has 0 saturated heterocycles. The van der Waals surface area contributed by atoms with Gasteiger partial charge in [0.15, 0.2) is 0 Å². The third-order valence-corrected chi connectivity index (χ3v) is 5.74. The summed E-state index contributed by atoms with van der Waals surface area (Å²) in [4.78, 5) is 0.138. The molecule has 1 aliphatic rings. The Morgan fingerprint density at radius 2 is 2.00 bits per heavy atom. The topological polar surface area (TPSA) is 79.5 Å². The molecule has 0 aromatic carbocycles. The Morgan fingerprint density at radius 1 is 1.35 bits per heavy atom. The van der Waals surface area contributed by atoms with Gasteiger partial charge in [-0.25, -0.2) is 13.1 Å². The van der Waals surface area contributed by atoms with E-state index in [9.17, 15) is 8.42 Å². The first-order valence-electron chi connectivity index (χ1n) is 7.18. The minimum Gasteiger partial charge on any atom is -0.462 e. The third-order valence-electron chi connectivity index (χ3n) is 4.11. The van der Waals surface area contributed by atoms with E-state index in [0.29, 0.717) is 5.76 Å². The maximum absolute atomic E-state index is 12.3. The molecule has 0 radical (unpaired) electrons. The van der Waals surface area contributed by atoms with Crippen LogP contribution < -0.4 is 4.72 Å². The fraction of sp³-hybridized carbons (Fsp3) is 0.714. The minimum atomic E-state index is -3.56. The molecule has 0 amide bonds. The zero-order valence-electron chi connectivity index (χ0n) is 12.1. The van der Waals surface area contributed by atoms with E-state index < -0.39 is 10.0 Å². The van der Waals surface area contributed by atoms with Crippen LogP contribution >= 0.6 is 0 Å². The lowest BCUT2D eigenvalue weighted by atomic mass is 9.85. The average molecular weight is 301 g/mol. The number of aliphatic hydroxyl groups is 1. The van der Waals surface area contributed by atoms with E-state index in [1.807, 2.05) is 0 Å². The SMILES string of the molecule is CCC1CCC(NS(=O)(=O)c2cc(CO)oc2C)CC1. The van der Waals surface area contributed by atoms with E-state index in [1.54, 1.807) is 6.92 Å². The lowest BCUT2D eigenvalue weighted by molar-refractivity contribution is 0.244. The fourth-order valence-electron chi connectivity index (χ4n) is 2.84. The van der Waals surface area contributed by atoms with Gasteiger partial charge in [-0.2, -0.15) is 0 Å². The summed E-state index contributed by atoms with van der Waals surface area (Å²) in [5.41, 5.74) is 0. The highest BCUT2D eigenvalue weighted by atomic mass is 32.2. The van der Waals surface area contributed by atoms with Crippen molar-refractivity contribution in [2.45, 2.75) is 63.5 Å². The molecular weight excluding hydrogens is 278 g/mol. The molecule has 1 fully saturated rings. The van der Waals surface area contributed by atoms with Crippen molar-refractivity contribution in [3.05, 3.63) is 17.6 Å². The number of hydrogen-bond acceptors (Lipinski definition) is 4. The predicted octanol–water partition coefficient (Wildman–Crippen LogP) is 2.33. The van der Waals surface area contributed by atoms with Crippen LogP contribution in [-0.2, 0) is 16.6 Å². The van der Waals surface area contributed by atoms with Crippen molar-refractivity contribution in [1.29, 1.82) is 0 Å². The maximum atomic E-state index is 12.3. The Balaban J connectivity index is 2.06. The number of sulfonamides is 1. The van der Waals surface area contributed by atoms with Gasteiger partial charge < -0.3 is 9.52 Å². The zero-order valence-corrected chi connectivity index (χ0v) is 12.9. The second-order valence-electron chi connectivity index (χ2n) is 5.54. The van der Waals surface area contributed by atoms with Gasteiger partial charge in [0, 0.05) is 12.1 Å². The standard InChI is InChI=1S/C14H23NO4S/c1-3-11-4-6-12(7-5-11)15-20(17,18)14-8-13(9-16)19-10(14)2/h8,11-12,15-16H,3-7,9H2,1-2H3. The van der Waals surface area contributed by atoms with Crippen molar-refractivity contribution in [1.82, 2.24) is 4.72 Å². The van der Waals surface area contributed by atoms with Gasteiger partial charge in [-0.05, 0) is 38.5 Å². The maximum Gasteiger partial charge on any atom is 0.244 e. The van der Waals surface area contributed by atoms with E-state index in [0.717, 1.165) is 31.6 Å².